The van der Waals surface area contributed by atoms with Crippen LogP contribution in [0.3, 0.4) is 0 Å². The Kier molecular flexibility index (Phi) is 5.83. The molecule has 4 aromatic rings. The summed E-state index contributed by atoms with van der Waals surface area (Å²) in [6, 6.07) is 31.4. The molecule has 1 aliphatic rings. The molecule has 6 heteroatoms. The van der Waals surface area contributed by atoms with Crippen molar-refractivity contribution in [2.24, 2.45) is 0 Å². The van der Waals surface area contributed by atoms with Gasteiger partial charge in [0.05, 0.1) is 16.9 Å². The van der Waals surface area contributed by atoms with Crippen LogP contribution in [0.15, 0.2) is 113 Å². The topological polar surface area (TPSA) is 55.8 Å². The first-order valence-electron chi connectivity index (χ1n) is 10.4. The number of ether oxygens (including phenoxy) is 2. The number of anilines is 2. The molecule has 0 unspecified atom stereocenters. The fourth-order valence-corrected chi connectivity index (χ4v) is 4.62. The molecule has 0 saturated heterocycles. The Labute approximate surface area is 195 Å². The average Bonchev–Trinajstić information content (AvgIpc) is 2.86. The summed E-state index contributed by atoms with van der Waals surface area (Å²) in [5, 5.41) is 0. The Hall–Kier alpha value is -4.03. The molecule has 0 radical (unpaired) electrons. The molecule has 0 atom stereocenters. The Bertz CT molecular complexity index is 1280. The Morgan fingerprint density at radius 3 is 2.00 bits per heavy atom. The second kappa shape index (κ2) is 9.22. The third-order valence-electron chi connectivity index (χ3n) is 5.06. The van der Waals surface area contributed by atoms with Gasteiger partial charge in [-0.2, -0.15) is 0 Å². The molecular weight excluding hydrogens is 434 g/mol. The molecule has 33 heavy (non-hydrogen) atoms. The maximum Gasteiger partial charge on any atom is 0.338 e. The van der Waals surface area contributed by atoms with Crippen LogP contribution < -0.4 is 9.64 Å². The van der Waals surface area contributed by atoms with Crippen molar-refractivity contribution in [2.75, 3.05) is 11.5 Å². The SMILES string of the molecule is O=C(OCC(=O)N1c2ccccc2Sc2ccccc21)c1cccc(Oc2ccccc2)c1. The van der Waals surface area contributed by atoms with Crippen LogP contribution in [0.25, 0.3) is 0 Å². The van der Waals surface area contributed by atoms with Gasteiger partial charge in [0.25, 0.3) is 5.91 Å². The van der Waals surface area contributed by atoms with E-state index in [0.29, 0.717) is 17.1 Å². The number of benzene rings is 4. The Morgan fingerprint density at radius 1 is 0.697 bits per heavy atom. The molecule has 162 valence electrons. The number of carbonyl (C=O) groups excluding carboxylic acids is 2. The van der Waals surface area contributed by atoms with E-state index in [1.165, 1.54) is 0 Å². The van der Waals surface area contributed by atoms with Crippen molar-refractivity contribution in [3.05, 3.63) is 109 Å². The van der Waals surface area contributed by atoms with Crippen LogP contribution in [-0.2, 0) is 9.53 Å². The monoisotopic (exact) mass is 453 g/mol. The van der Waals surface area contributed by atoms with Gasteiger partial charge in [-0.3, -0.25) is 9.69 Å². The van der Waals surface area contributed by atoms with Gasteiger partial charge in [0.1, 0.15) is 11.5 Å². The molecule has 1 amide bonds. The van der Waals surface area contributed by atoms with Crippen molar-refractivity contribution in [3.63, 3.8) is 0 Å². The summed E-state index contributed by atoms with van der Waals surface area (Å²) in [5.74, 6) is 0.270. The number of carbonyl (C=O) groups is 2. The Balaban J connectivity index is 1.31. The predicted molar refractivity (Wildman–Crippen MR) is 127 cm³/mol. The molecule has 0 saturated carbocycles. The lowest BCUT2D eigenvalue weighted by Crippen LogP contribution is -2.32. The van der Waals surface area contributed by atoms with Gasteiger partial charge >= 0.3 is 5.97 Å². The predicted octanol–water partition coefficient (Wildman–Crippen LogP) is 6.47. The number of nitrogens with zero attached hydrogens (tertiary/aromatic N) is 1. The summed E-state index contributed by atoms with van der Waals surface area (Å²) in [5.41, 5.74) is 1.87. The van der Waals surface area contributed by atoms with Crippen LogP contribution in [-0.4, -0.2) is 18.5 Å². The quantitative estimate of drug-likeness (QED) is 0.324. The zero-order valence-electron chi connectivity index (χ0n) is 17.5. The van der Waals surface area contributed by atoms with Crippen LogP contribution in [0.1, 0.15) is 10.4 Å². The van der Waals surface area contributed by atoms with Crippen LogP contribution in [0.2, 0.25) is 0 Å². The summed E-state index contributed by atoms with van der Waals surface area (Å²) in [4.78, 5) is 29.4. The molecule has 4 aromatic carbocycles. The number of rotatable bonds is 5. The fraction of sp³-hybridized carbons (Fsp3) is 0.0370. The molecule has 0 bridgehead atoms. The lowest BCUT2D eigenvalue weighted by molar-refractivity contribution is -0.121. The second-order valence-electron chi connectivity index (χ2n) is 7.29. The van der Waals surface area contributed by atoms with E-state index in [4.69, 9.17) is 9.47 Å². The zero-order chi connectivity index (χ0) is 22.6. The van der Waals surface area contributed by atoms with E-state index >= 15 is 0 Å². The summed E-state index contributed by atoms with van der Waals surface area (Å²) in [6.45, 7) is -0.379. The van der Waals surface area contributed by atoms with Crippen molar-refractivity contribution in [1.82, 2.24) is 0 Å². The van der Waals surface area contributed by atoms with Crippen LogP contribution in [0, 0.1) is 0 Å². The first-order valence-corrected chi connectivity index (χ1v) is 11.2. The van der Waals surface area contributed by atoms with Gasteiger partial charge in [-0.25, -0.2) is 4.79 Å². The van der Waals surface area contributed by atoms with Gasteiger partial charge in [0.2, 0.25) is 0 Å². The highest BCUT2D eigenvalue weighted by Gasteiger charge is 2.28. The third kappa shape index (κ3) is 4.47. The smallest absolute Gasteiger partial charge is 0.338 e. The van der Waals surface area contributed by atoms with E-state index in [2.05, 4.69) is 0 Å². The lowest BCUT2D eigenvalue weighted by Gasteiger charge is -2.30. The Morgan fingerprint density at radius 2 is 1.30 bits per heavy atom. The summed E-state index contributed by atoms with van der Waals surface area (Å²) in [6.07, 6.45) is 0. The van der Waals surface area contributed by atoms with Gasteiger partial charge in [-0.1, -0.05) is 60.3 Å². The minimum absolute atomic E-state index is 0.311. The van der Waals surface area contributed by atoms with E-state index in [1.54, 1.807) is 40.9 Å². The van der Waals surface area contributed by atoms with Crippen LogP contribution >= 0.6 is 11.8 Å². The minimum atomic E-state index is -0.588. The molecule has 5 nitrogen and oxygen atoms in total. The second-order valence-corrected chi connectivity index (χ2v) is 8.37. The molecule has 0 fully saturated rings. The highest BCUT2D eigenvalue weighted by atomic mass is 32.2. The van der Waals surface area contributed by atoms with Gasteiger partial charge in [0.15, 0.2) is 6.61 Å². The number of esters is 1. The maximum atomic E-state index is 13.2. The van der Waals surface area contributed by atoms with Crippen LogP contribution in [0.4, 0.5) is 11.4 Å². The van der Waals surface area contributed by atoms with E-state index in [1.807, 2.05) is 78.9 Å². The number of amides is 1. The van der Waals surface area contributed by atoms with Gasteiger partial charge < -0.3 is 9.47 Å². The van der Waals surface area contributed by atoms with E-state index in [9.17, 15) is 9.59 Å². The minimum Gasteiger partial charge on any atom is -0.457 e. The summed E-state index contributed by atoms with van der Waals surface area (Å²) >= 11 is 1.61. The highest BCUT2D eigenvalue weighted by Crippen LogP contribution is 2.47. The lowest BCUT2D eigenvalue weighted by atomic mass is 10.2. The summed E-state index contributed by atoms with van der Waals surface area (Å²) in [7, 11) is 0. The standard InChI is InChI=1S/C27H19NO4S/c29-26(28-22-13-4-6-15-24(22)33-25-16-7-5-14-23(25)28)18-31-27(30)19-9-8-12-21(17-19)32-20-10-2-1-3-11-20/h1-17H,18H2. The van der Waals surface area contributed by atoms with E-state index in [0.717, 1.165) is 21.2 Å². The first kappa shape index (κ1) is 20.8. The molecule has 1 aliphatic heterocycles. The van der Waals surface area contributed by atoms with Gasteiger partial charge in [-0.15, -0.1) is 0 Å². The van der Waals surface area contributed by atoms with E-state index in [-0.39, 0.29) is 12.5 Å². The van der Waals surface area contributed by atoms with Crippen molar-refractivity contribution >= 4 is 35.0 Å². The zero-order valence-corrected chi connectivity index (χ0v) is 18.3. The van der Waals surface area contributed by atoms with Gasteiger partial charge in [0, 0.05) is 9.79 Å². The number of hydrogen-bond donors (Lipinski definition) is 0. The van der Waals surface area contributed by atoms with Crippen molar-refractivity contribution < 1.29 is 19.1 Å². The molecule has 5 rings (SSSR count). The molecule has 1 heterocycles. The number of fused-ring (bicyclic) bond motifs is 2. The van der Waals surface area contributed by atoms with Crippen molar-refractivity contribution in [2.45, 2.75) is 9.79 Å². The number of hydrogen-bond acceptors (Lipinski definition) is 5. The number of para-hydroxylation sites is 3. The molecular formula is C27H19NO4S. The largest absolute Gasteiger partial charge is 0.457 e. The average molecular weight is 454 g/mol. The van der Waals surface area contributed by atoms with E-state index < -0.39 is 5.97 Å². The van der Waals surface area contributed by atoms with Crippen molar-refractivity contribution in [3.8, 4) is 11.5 Å². The summed E-state index contributed by atoms with van der Waals surface area (Å²) < 4.78 is 11.2. The first-order chi connectivity index (χ1) is 16.2. The van der Waals surface area contributed by atoms with Gasteiger partial charge in [-0.05, 0) is 54.6 Å². The fourth-order valence-electron chi connectivity index (χ4n) is 3.56. The maximum absolute atomic E-state index is 13.2. The molecule has 0 N–H and O–H groups in total. The molecule has 0 aliphatic carbocycles. The van der Waals surface area contributed by atoms with Crippen molar-refractivity contribution in [1.29, 1.82) is 0 Å². The van der Waals surface area contributed by atoms with Crippen LogP contribution in [0.5, 0.6) is 11.5 Å². The molecule has 0 aromatic heterocycles. The molecule has 0 spiro atoms. The normalized spacial score (nSPS) is 11.8. The third-order valence-corrected chi connectivity index (χ3v) is 6.19. The highest BCUT2D eigenvalue weighted by molar-refractivity contribution is 7.99.